The van der Waals surface area contributed by atoms with Gasteiger partial charge in [-0.2, -0.15) is 0 Å². The molecule has 0 bridgehead atoms. The maximum Gasteiger partial charge on any atom is 0.306 e. The summed E-state index contributed by atoms with van der Waals surface area (Å²) in [4.78, 5) is 37.9. The first kappa shape index (κ1) is 69.2. The molecule has 0 aromatic rings. The fourth-order valence-corrected chi connectivity index (χ4v) is 9.91. The van der Waals surface area contributed by atoms with Crippen molar-refractivity contribution in [1.29, 1.82) is 0 Å². The molecule has 0 heterocycles. The highest BCUT2D eigenvalue weighted by molar-refractivity contribution is 5.71. The van der Waals surface area contributed by atoms with Crippen LogP contribution in [-0.2, 0) is 28.6 Å². The summed E-state index contributed by atoms with van der Waals surface area (Å²) in [6.45, 7) is 6.65. The molecule has 6 heteroatoms. The minimum absolute atomic E-state index is 0.0633. The molecule has 1 atom stereocenters. The molecule has 0 radical (unpaired) electrons. The minimum Gasteiger partial charge on any atom is -0.462 e. The van der Waals surface area contributed by atoms with Crippen LogP contribution in [-0.4, -0.2) is 37.2 Å². The van der Waals surface area contributed by atoms with Crippen LogP contribution in [0.3, 0.4) is 0 Å². The van der Waals surface area contributed by atoms with E-state index < -0.39 is 6.10 Å². The maximum atomic E-state index is 12.8. The number of allylic oxidation sites excluding steroid dienone is 2. The van der Waals surface area contributed by atoms with E-state index >= 15 is 0 Å². The molecule has 0 aliphatic rings. The number of hydrogen-bond acceptors (Lipinski definition) is 6. The van der Waals surface area contributed by atoms with Crippen molar-refractivity contribution in [2.24, 2.45) is 0 Å². The SMILES string of the molecule is CCCCCCCCCC/C=C\CCCCCCCCCCCCCCCCCCCCCCCC(=O)OCC(COC(=O)CCCCCCCCC)OC(=O)CCCCCCCCCCCCCCC. The molecule has 6 nitrogen and oxygen atoms in total. The maximum absolute atomic E-state index is 12.8. The second-order valence-electron chi connectivity index (χ2n) is 22.0. The van der Waals surface area contributed by atoms with Gasteiger partial charge < -0.3 is 14.2 Å². The van der Waals surface area contributed by atoms with E-state index in [-0.39, 0.29) is 31.1 Å². The normalized spacial score (nSPS) is 12.0. The molecule has 0 aromatic heterocycles. The molecule has 71 heavy (non-hydrogen) atoms. The Morgan fingerprint density at radius 2 is 0.465 bits per heavy atom. The van der Waals surface area contributed by atoms with Crippen LogP contribution >= 0.6 is 0 Å². The Balaban J connectivity index is 3.89. The molecule has 0 N–H and O–H groups in total. The Labute approximate surface area is 443 Å². The molecule has 0 aromatic carbocycles. The van der Waals surface area contributed by atoms with Gasteiger partial charge in [0.25, 0.3) is 0 Å². The van der Waals surface area contributed by atoms with Gasteiger partial charge in [0, 0.05) is 19.3 Å². The quantitative estimate of drug-likeness (QED) is 0.0261. The Bertz CT molecular complexity index is 1100. The van der Waals surface area contributed by atoms with Gasteiger partial charge in [-0.25, -0.2) is 0 Å². The first-order valence-electron chi connectivity index (χ1n) is 32.2. The van der Waals surface area contributed by atoms with Crippen molar-refractivity contribution in [2.45, 2.75) is 374 Å². The van der Waals surface area contributed by atoms with Gasteiger partial charge in [-0.05, 0) is 44.9 Å². The molecule has 0 amide bonds. The molecular formula is C65H124O6. The van der Waals surface area contributed by atoms with Crippen LogP contribution in [0.2, 0.25) is 0 Å². The number of unbranched alkanes of at least 4 members (excludes halogenated alkanes) is 47. The lowest BCUT2D eigenvalue weighted by atomic mass is 10.0. The van der Waals surface area contributed by atoms with E-state index in [1.807, 2.05) is 0 Å². The van der Waals surface area contributed by atoms with Gasteiger partial charge in [-0.1, -0.05) is 315 Å². The van der Waals surface area contributed by atoms with Gasteiger partial charge in [0.05, 0.1) is 0 Å². The van der Waals surface area contributed by atoms with E-state index in [0.29, 0.717) is 19.3 Å². The number of hydrogen-bond donors (Lipinski definition) is 0. The Hall–Kier alpha value is -1.85. The highest BCUT2D eigenvalue weighted by Gasteiger charge is 2.19. The fraction of sp³-hybridized carbons (Fsp3) is 0.923. The van der Waals surface area contributed by atoms with Gasteiger partial charge in [0.2, 0.25) is 0 Å². The number of carbonyl (C=O) groups excluding carboxylic acids is 3. The van der Waals surface area contributed by atoms with E-state index in [1.165, 1.54) is 270 Å². The predicted molar refractivity (Wildman–Crippen MR) is 307 cm³/mol. The second-order valence-corrected chi connectivity index (χ2v) is 22.0. The van der Waals surface area contributed by atoms with Crippen LogP contribution in [0, 0.1) is 0 Å². The highest BCUT2D eigenvalue weighted by atomic mass is 16.6. The van der Waals surface area contributed by atoms with E-state index in [2.05, 4.69) is 32.9 Å². The van der Waals surface area contributed by atoms with E-state index in [0.717, 1.165) is 57.8 Å². The molecule has 0 saturated carbocycles. The van der Waals surface area contributed by atoms with Crippen LogP contribution in [0.5, 0.6) is 0 Å². The molecule has 0 fully saturated rings. The Kier molecular flexibility index (Phi) is 59.1. The third-order valence-electron chi connectivity index (χ3n) is 14.8. The predicted octanol–water partition coefficient (Wildman–Crippen LogP) is 21.7. The van der Waals surface area contributed by atoms with Gasteiger partial charge in [-0.15, -0.1) is 0 Å². The molecule has 420 valence electrons. The number of ether oxygens (including phenoxy) is 3. The molecule has 0 rings (SSSR count). The Morgan fingerprint density at radius 3 is 0.704 bits per heavy atom. The zero-order valence-electron chi connectivity index (χ0n) is 48.3. The van der Waals surface area contributed by atoms with Crippen molar-refractivity contribution in [1.82, 2.24) is 0 Å². The van der Waals surface area contributed by atoms with Gasteiger partial charge >= 0.3 is 17.9 Å². The summed E-state index contributed by atoms with van der Waals surface area (Å²) in [6.07, 6.45) is 71.3. The van der Waals surface area contributed by atoms with Crippen molar-refractivity contribution in [3.63, 3.8) is 0 Å². The van der Waals surface area contributed by atoms with Gasteiger partial charge in [0.15, 0.2) is 6.10 Å². The first-order chi connectivity index (χ1) is 35.0. The lowest BCUT2D eigenvalue weighted by Gasteiger charge is -2.18. The van der Waals surface area contributed by atoms with Crippen molar-refractivity contribution in [3.8, 4) is 0 Å². The monoisotopic (exact) mass is 1000 g/mol. The van der Waals surface area contributed by atoms with Crippen molar-refractivity contribution >= 4 is 17.9 Å². The number of carbonyl (C=O) groups is 3. The van der Waals surface area contributed by atoms with Crippen LogP contribution in [0.1, 0.15) is 367 Å². The van der Waals surface area contributed by atoms with Crippen LogP contribution in [0.4, 0.5) is 0 Å². The lowest BCUT2D eigenvalue weighted by molar-refractivity contribution is -0.167. The summed E-state index contributed by atoms with van der Waals surface area (Å²) in [5, 5.41) is 0. The van der Waals surface area contributed by atoms with Crippen LogP contribution < -0.4 is 0 Å². The minimum atomic E-state index is -0.761. The molecule has 0 aliphatic heterocycles. The third-order valence-corrected chi connectivity index (χ3v) is 14.8. The van der Waals surface area contributed by atoms with Gasteiger partial charge in [-0.3, -0.25) is 14.4 Å². The summed E-state index contributed by atoms with van der Waals surface area (Å²) in [5.74, 6) is -0.846. The summed E-state index contributed by atoms with van der Waals surface area (Å²) in [6, 6.07) is 0. The molecule has 0 spiro atoms. The van der Waals surface area contributed by atoms with Crippen molar-refractivity contribution < 1.29 is 28.6 Å². The van der Waals surface area contributed by atoms with E-state index in [9.17, 15) is 14.4 Å². The topological polar surface area (TPSA) is 78.9 Å². The smallest absolute Gasteiger partial charge is 0.306 e. The highest BCUT2D eigenvalue weighted by Crippen LogP contribution is 2.18. The van der Waals surface area contributed by atoms with Gasteiger partial charge in [0.1, 0.15) is 13.2 Å². The van der Waals surface area contributed by atoms with Crippen LogP contribution in [0.15, 0.2) is 12.2 Å². The first-order valence-corrected chi connectivity index (χ1v) is 32.2. The largest absolute Gasteiger partial charge is 0.462 e. The van der Waals surface area contributed by atoms with E-state index in [1.54, 1.807) is 0 Å². The van der Waals surface area contributed by atoms with Crippen LogP contribution in [0.25, 0.3) is 0 Å². The molecular weight excluding hydrogens is 877 g/mol. The average Bonchev–Trinajstić information content (AvgIpc) is 3.37. The zero-order chi connectivity index (χ0) is 51.4. The van der Waals surface area contributed by atoms with Crippen molar-refractivity contribution in [2.75, 3.05) is 13.2 Å². The fourth-order valence-electron chi connectivity index (χ4n) is 9.91. The lowest BCUT2D eigenvalue weighted by Crippen LogP contribution is -2.30. The summed E-state index contributed by atoms with van der Waals surface area (Å²) >= 11 is 0. The zero-order valence-corrected chi connectivity index (χ0v) is 48.3. The second kappa shape index (κ2) is 60.7. The Morgan fingerprint density at radius 1 is 0.268 bits per heavy atom. The summed E-state index contributed by atoms with van der Waals surface area (Å²) < 4.78 is 16.8. The molecule has 1 unspecified atom stereocenters. The van der Waals surface area contributed by atoms with Crippen molar-refractivity contribution in [3.05, 3.63) is 12.2 Å². The summed E-state index contributed by atoms with van der Waals surface area (Å²) in [5.41, 5.74) is 0. The average molecular weight is 1000 g/mol. The third kappa shape index (κ3) is 58.9. The summed E-state index contributed by atoms with van der Waals surface area (Å²) in [7, 11) is 0. The number of esters is 3. The standard InChI is InChI=1S/C65H124O6/c1-4-7-10-13-16-18-20-22-23-24-25-26-27-28-29-30-31-32-33-34-35-36-37-38-39-40-41-43-44-46-49-52-55-58-64(67)70-61-62(60-69-63(66)57-54-51-48-15-12-9-6-3)71-65(68)59-56-53-50-47-45-42-21-19-17-14-11-8-5-2/h24-25,62H,4-23,26-61H2,1-3H3/b25-24-. The number of rotatable bonds is 60. The molecule has 0 saturated heterocycles. The molecule has 0 aliphatic carbocycles. The van der Waals surface area contributed by atoms with E-state index in [4.69, 9.17) is 14.2 Å².